The average Bonchev–Trinajstić information content (AvgIpc) is 2.89. The third-order valence-electron chi connectivity index (χ3n) is 3.22. The van der Waals surface area contributed by atoms with Crippen LogP contribution in [-0.4, -0.2) is 9.38 Å². The summed E-state index contributed by atoms with van der Waals surface area (Å²) in [4.78, 5) is 10.0. The fraction of sp³-hybridized carbons (Fsp3) is 0. The lowest BCUT2D eigenvalue weighted by atomic mass is 10.3. The Labute approximate surface area is 123 Å². The van der Waals surface area contributed by atoms with Crippen LogP contribution in [0.1, 0.15) is 0 Å². The predicted octanol–water partition coefficient (Wildman–Crippen LogP) is 3.92. The quantitative estimate of drug-likeness (QED) is 0.523. The van der Waals surface area contributed by atoms with Crippen molar-refractivity contribution >= 4 is 33.7 Å². The summed E-state index contributed by atoms with van der Waals surface area (Å²) in [6.45, 7) is 0. The van der Waals surface area contributed by atoms with Gasteiger partial charge in [-0.2, -0.15) is 0 Å². The van der Waals surface area contributed by atoms with Crippen LogP contribution in [-0.2, 0) is 0 Å². The molecule has 0 bridgehead atoms. The van der Waals surface area contributed by atoms with E-state index in [-0.39, 0.29) is 5.82 Å². The van der Waals surface area contributed by atoms with Gasteiger partial charge in [-0.15, -0.1) is 11.3 Å². The van der Waals surface area contributed by atoms with E-state index in [1.807, 2.05) is 40.1 Å². The van der Waals surface area contributed by atoms with Gasteiger partial charge in [-0.1, -0.05) is 12.1 Å². The van der Waals surface area contributed by atoms with Gasteiger partial charge in [0.05, 0.1) is 16.7 Å². The second-order valence-electron chi connectivity index (χ2n) is 4.59. The summed E-state index contributed by atoms with van der Waals surface area (Å²) in [5.74, 6) is -0.260. The van der Waals surface area contributed by atoms with Crippen molar-refractivity contribution < 1.29 is 4.39 Å². The summed E-state index contributed by atoms with van der Waals surface area (Å²) in [5.41, 5.74) is 3.53. The Morgan fingerprint density at radius 1 is 1.00 bits per heavy atom. The standard InChI is InChI=1S/C16H10FN3S/c17-11-5-7-12(8-6-11)18-16-20-14-4-2-1-3-13(14)19-15(20)9-10-21-16/h1-10H. The fourth-order valence-electron chi connectivity index (χ4n) is 2.27. The molecule has 102 valence electrons. The fourth-order valence-corrected chi connectivity index (χ4v) is 3.04. The lowest BCUT2D eigenvalue weighted by molar-refractivity contribution is 0.628. The monoisotopic (exact) mass is 295 g/mol. The van der Waals surface area contributed by atoms with E-state index in [0.717, 1.165) is 27.2 Å². The van der Waals surface area contributed by atoms with E-state index in [4.69, 9.17) is 0 Å². The zero-order valence-corrected chi connectivity index (χ0v) is 11.7. The Bertz CT molecular complexity index is 999. The molecule has 0 atom stereocenters. The normalized spacial score (nSPS) is 12.3. The maximum Gasteiger partial charge on any atom is 0.196 e. The number of fused-ring (bicyclic) bond motifs is 3. The highest BCUT2D eigenvalue weighted by Crippen LogP contribution is 2.16. The molecule has 21 heavy (non-hydrogen) atoms. The van der Waals surface area contributed by atoms with Crippen LogP contribution in [0.25, 0.3) is 16.7 Å². The lowest BCUT2D eigenvalue weighted by Crippen LogP contribution is -2.08. The molecule has 4 rings (SSSR count). The highest BCUT2D eigenvalue weighted by atomic mass is 32.1. The molecule has 0 saturated heterocycles. The summed E-state index contributed by atoms with van der Waals surface area (Å²) >= 11 is 1.52. The van der Waals surface area contributed by atoms with Crippen molar-refractivity contribution in [3.8, 4) is 0 Å². The number of benzene rings is 2. The minimum atomic E-state index is -0.260. The molecule has 0 fully saturated rings. The summed E-state index contributed by atoms with van der Waals surface area (Å²) < 4.78 is 15.0. The maximum absolute atomic E-state index is 13.0. The number of halogens is 1. The SMILES string of the molecule is Fc1ccc(N=c2sccc3nc4ccccc4n23)cc1. The zero-order valence-electron chi connectivity index (χ0n) is 10.9. The van der Waals surface area contributed by atoms with Gasteiger partial charge in [-0.25, -0.2) is 14.4 Å². The molecular formula is C16H10FN3S. The molecule has 0 saturated carbocycles. The number of hydrogen-bond acceptors (Lipinski definition) is 3. The van der Waals surface area contributed by atoms with Gasteiger partial charge in [0.15, 0.2) is 4.80 Å². The Morgan fingerprint density at radius 3 is 2.67 bits per heavy atom. The van der Waals surface area contributed by atoms with Crippen LogP contribution >= 0.6 is 11.3 Å². The molecule has 4 aromatic rings. The highest BCUT2D eigenvalue weighted by Gasteiger charge is 2.04. The van der Waals surface area contributed by atoms with Gasteiger partial charge in [0.25, 0.3) is 0 Å². The van der Waals surface area contributed by atoms with Gasteiger partial charge < -0.3 is 0 Å². The van der Waals surface area contributed by atoms with E-state index in [1.165, 1.54) is 23.5 Å². The van der Waals surface area contributed by atoms with Crippen molar-refractivity contribution in [3.05, 3.63) is 70.6 Å². The van der Waals surface area contributed by atoms with Gasteiger partial charge >= 0.3 is 0 Å². The number of para-hydroxylation sites is 2. The lowest BCUT2D eigenvalue weighted by Gasteiger charge is -1.97. The first-order valence-corrected chi connectivity index (χ1v) is 7.34. The molecule has 3 nitrogen and oxygen atoms in total. The topological polar surface area (TPSA) is 29.7 Å². The van der Waals surface area contributed by atoms with Crippen molar-refractivity contribution in [2.75, 3.05) is 0 Å². The number of imidazole rings is 1. The molecule has 5 heteroatoms. The molecule has 0 aliphatic carbocycles. The third kappa shape index (κ3) is 2.11. The zero-order chi connectivity index (χ0) is 14.2. The van der Waals surface area contributed by atoms with Crippen molar-refractivity contribution in [1.29, 1.82) is 0 Å². The summed E-state index contributed by atoms with van der Waals surface area (Å²) in [6.07, 6.45) is 0. The second kappa shape index (κ2) is 4.79. The minimum absolute atomic E-state index is 0.260. The molecule has 0 aliphatic rings. The predicted molar refractivity (Wildman–Crippen MR) is 82.2 cm³/mol. The Kier molecular flexibility index (Phi) is 2.79. The summed E-state index contributed by atoms with van der Waals surface area (Å²) in [6, 6.07) is 16.1. The molecule has 0 radical (unpaired) electrons. The van der Waals surface area contributed by atoms with Crippen LogP contribution < -0.4 is 4.80 Å². The van der Waals surface area contributed by atoms with E-state index in [9.17, 15) is 4.39 Å². The van der Waals surface area contributed by atoms with E-state index in [0.29, 0.717) is 0 Å². The smallest absolute Gasteiger partial charge is 0.196 e. The van der Waals surface area contributed by atoms with Crippen LogP contribution in [0.2, 0.25) is 0 Å². The largest absolute Gasteiger partial charge is 0.268 e. The van der Waals surface area contributed by atoms with E-state index >= 15 is 0 Å². The molecule has 2 aromatic carbocycles. The number of rotatable bonds is 1. The van der Waals surface area contributed by atoms with Crippen molar-refractivity contribution in [3.63, 3.8) is 0 Å². The third-order valence-corrected chi connectivity index (χ3v) is 3.98. The van der Waals surface area contributed by atoms with Crippen molar-refractivity contribution in [1.82, 2.24) is 9.38 Å². The van der Waals surface area contributed by atoms with Gasteiger partial charge in [-0.05, 0) is 47.8 Å². The molecule has 0 aliphatic heterocycles. The number of hydrogen-bond donors (Lipinski definition) is 0. The average molecular weight is 295 g/mol. The molecule has 0 unspecified atom stereocenters. The molecule has 0 spiro atoms. The first-order valence-electron chi connectivity index (χ1n) is 6.46. The number of nitrogens with zero attached hydrogens (tertiary/aromatic N) is 3. The first-order chi connectivity index (χ1) is 10.3. The molecule has 2 heterocycles. The van der Waals surface area contributed by atoms with Crippen LogP contribution in [0.3, 0.4) is 0 Å². The highest BCUT2D eigenvalue weighted by molar-refractivity contribution is 7.06. The van der Waals surface area contributed by atoms with Gasteiger partial charge in [0.2, 0.25) is 0 Å². The number of aromatic nitrogens is 2. The molecule has 2 aromatic heterocycles. The molecular weight excluding hydrogens is 285 g/mol. The van der Waals surface area contributed by atoms with Crippen LogP contribution in [0.4, 0.5) is 10.1 Å². The first kappa shape index (κ1) is 12.2. The minimum Gasteiger partial charge on any atom is -0.268 e. The van der Waals surface area contributed by atoms with E-state index in [2.05, 4.69) is 9.98 Å². The summed E-state index contributed by atoms with van der Waals surface area (Å²) in [7, 11) is 0. The van der Waals surface area contributed by atoms with Gasteiger partial charge in [-0.3, -0.25) is 4.40 Å². The van der Waals surface area contributed by atoms with Crippen molar-refractivity contribution in [2.24, 2.45) is 4.99 Å². The Balaban J connectivity index is 2.06. The summed E-state index contributed by atoms with van der Waals surface area (Å²) in [5, 5.41) is 1.96. The van der Waals surface area contributed by atoms with Crippen molar-refractivity contribution in [2.45, 2.75) is 0 Å². The van der Waals surface area contributed by atoms with E-state index in [1.54, 1.807) is 12.1 Å². The maximum atomic E-state index is 13.0. The second-order valence-corrected chi connectivity index (χ2v) is 5.46. The Morgan fingerprint density at radius 2 is 1.81 bits per heavy atom. The van der Waals surface area contributed by atoms with Gasteiger partial charge in [0.1, 0.15) is 11.5 Å². The Hall–Kier alpha value is -2.53. The van der Waals surface area contributed by atoms with Crippen LogP contribution in [0, 0.1) is 5.82 Å². The van der Waals surface area contributed by atoms with Gasteiger partial charge in [0, 0.05) is 0 Å². The van der Waals surface area contributed by atoms with E-state index < -0.39 is 0 Å². The molecule has 0 amide bonds. The van der Waals surface area contributed by atoms with Crippen LogP contribution in [0.15, 0.2) is 65.0 Å². The molecule has 0 N–H and O–H groups in total. The van der Waals surface area contributed by atoms with Crippen LogP contribution in [0.5, 0.6) is 0 Å².